The third-order valence-electron chi connectivity index (χ3n) is 13.2. The smallest absolute Gasteiger partial charge is 0.0594 e. The number of allylic oxidation sites excluding steroid dienone is 2. The molecule has 0 spiro atoms. The summed E-state index contributed by atoms with van der Waals surface area (Å²) in [5, 5.41) is 10.8. The maximum Gasteiger partial charge on any atom is 0.0594 e. The van der Waals surface area contributed by atoms with Crippen molar-refractivity contribution in [1.29, 1.82) is 0 Å². The maximum atomic E-state index is 10.8. The van der Waals surface area contributed by atoms with Crippen LogP contribution in [-0.4, -0.2) is 11.2 Å². The second kappa shape index (κ2) is 6.64. The van der Waals surface area contributed by atoms with Crippen molar-refractivity contribution < 1.29 is 5.11 Å². The standard InChI is InChI=1S/C30H50O/c1-19(2)20-9-12-24-28(20,6)17-18-29(7)22-10-11-23-26(3,4)25(31)14-15-27(23,5)21(22)13-16-30(24,29)8/h13,19-20,22-25,31H,9-12,14-18H2,1-8H3/t20?,22?,23?,24?,25-,27+,28?,29+,30?/m0/s1. The number of rotatable bonds is 1. The van der Waals surface area contributed by atoms with Crippen molar-refractivity contribution in [3.63, 3.8) is 0 Å². The fourth-order valence-corrected chi connectivity index (χ4v) is 11.2. The van der Waals surface area contributed by atoms with E-state index in [1.54, 1.807) is 0 Å². The van der Waals surface area contributed by atoms with Crippen molar-refractivity contribution in [3.8, 4) is 0 Å². The van der Waals surface area contributed by atoms with E-state index in [4.69, 9.17) is 0 Å². The molecule has 5 aliphatic carbocycles. The lowest BCUT2D eigenvalue weighted by Gasteiger charge is -2.69. The van der Waals surface area contributed by atoms with Gasteiger partial charge in [0.05, 0.1) is 6.10 Å². The van der Waals surface area contributed by atoms with Crippen LogP contribution in [-0.2, 0) is 0 Å². The predicted molar refractivity (Wildman–Crippen MR) is 131 cm³/mol. The van der Waals surface area contributed by atoms with E-state index >= 15 is 0 Å². The highest BCUT2D eigenvalue weighted by molar-refractivity contribution is 5.33. The highest BCUT2D eigenvalue weighted by Crippen LogP contribution is 2.76. The van der Waals surface area contributed by atoms with Gasteiger partial charge in [-0.1, -0.05) is 67.0 Å². The van der Waals surface area contributed by atoms with Gasteiger partial charge >= 0.3 is 0 Å². The third-order valence-corrected chi connectivity index (χ3v) is 13.2. The molecule has 176 valence electrons. The van der Waals surface area contributed by atoms with E-state index < -0.39 is 0 Å². The Balaban J connectivity index is 1.55. The first kappa shape index (κ1) is 22.5. The lowest BCUT2D eigenvalue weighted by molar-refractivity contribution is -0.165. The first-order valence-corrected chi connectivity index (χ1v) is 13.7. The fraction of sp³-hybridized carbons (Fsp3) is 0.933. The molecule has 5 aliphatic rings. The Bertz CT molecular complexity index is 777. The molecule has 1 N–H and O–H groups in total. The molecular weight excluding hydrogens is 376 g/mol. The zero-order chi connectivity index (χ0) is 22.6. The van der Waals surface area contributed by atoms with Crippen molar-refractivity contribution in [1.82, 2.24) is 0 Å². The van der Waals surface area contributed by atoms with Gasteiger partial charge < -0.3 is 5.11 Å². The Labute approximate surface area is 192 Å². The molecule has 0 radical (unpaired) electrons. The molecule has 9 atom stereocenters. The number of fused-ring (bicyclic) bond motifs is 7. The topological polar surface area (TPSA) is 20.2 Å². The molecule has 4 saturated carbocycles. The van der Waals surface area contributed by atoms with Crippen LogP contribution >= 0.6 is 0 Å². The fourth-order valence-electron chi connectivity index (χ4n) is 11.2. The first-order chi connectivity index (χ1) is 14.3. The Kier molecular flexibility index (Phi) is 4.82. The van der Waals surface area contributed by atoms with E-state index in [1.807, 2.05) is 5.57 Å². The maximum absolute atomic E-state index is 10.8. The Hall–Kier alpha value is -0.300. The van der Waals surface area contributed by atoms with Crippen LogP contribution in [0.25, 0.3) is 0 Å². The van der Waals surface area contributed by atoms with E-state index in [0.717, 1.165) is 30.1 Å². The van der Waals surface area contributed by atoms with Crippen LogP contribution in [0.2, 0.25) is 0 Å². The second-order valence-electron chi connectivity index (χ2n) is 14.7. The van der Waals surface area contributed by atoms with Crippen LogP contribution in [0.1, 0.15) is 113 Å². The Morgan fingerprint density at radius 1 is 0.806 bits per heavy atom. The van der Waals surface area contributed by atoms with Crippen LogP contribution in [0, 0.1) is 56.7 Å². The monoisotopic (exact) mass is 426 g/mol. The van der Waals surface area contributed by atoms with E-state index in [-0.39, 0.29) is 11.5 Å². The van der Waals surface area contributed by atoms with Gasteiger partial charge in [-0.05, 0) is 114 Å². The van der Waals surface area contributed by atoms with Gasteiger partial charge in [-0.3, -0.25) is 0 Å². The van der Waals surface area contributed by atoms with E-state index in [0.29, 0.717) is 27.6 Å². The van der Waals surface area contributed by atoms with E-state index in [2.05, 4.69) is 61.5 Å². The number of aliphatic hydroxyl groups excluding tert-OH is 1. The summed E-state index contributed by atoms with van der Waals surface area (Å²) in [4.78, 5) is 0. The molecule has 0 aliphatic heterocycles. The molecule has 1 nitrogen and oxygen atoms in total. The van der Waals surface area contributed by atoms with Crippen LogP contribution < -0.4 is 0 Å². The second-order valence-corrected chi connectivity index (χ2v) is 14.7. The summed E-state index contributed by atoms with van der Waals surface area (Å²) in [5.74, 6) is 4.02. The number of aliphatic hydroxyl groups is 1. The molecule has 0 aromatic carbocycles. The summed E-state index contributed by atoms with van der Waals surface area (Å²) in [7, 11) is 0. The quantitative estimate of drug-likeness (QED) is 0.421. The van der Waals surface area contributed by atoms with Gasteiger partial charge in [0.2, 0.25) is 0 Å². The van der Waals surface area contributed by atoms with Gasteiger partial charge in [0.15, 0.2) is 0 Å². The SMILES string of the molecule is CC(C)C1CCC2C1(C)CC[C@]1(C)C3CCC4C(C)(C)[C@@H](O)CC[C@]4(C)C3=CCC21C. The van der Waals surface area contributed by atoms with Crippen LogP contribution in [0.3, 0.4) is 0 Å². The molecule has 4 fully saturated rings. The summed E-state index contributed by atoms with van der Waals surface area (Å²) >= 11 is 0. The van der Waals surface area contributed by atoms with Crippen molar-refractivity contribution in [2.24, 2.45) is 56.7 Å². The van der Waals surface area contributed by atoms with Gasteiger partial charge in [-0.15, -0.1) is 0 Å². The molecule has 31 heavy (non-hydrogen) atoms. The molecule has 6 unspecified atom stereocenters. The Morgan fingerprint density at radius 2 is 1.48 bits per heavy atom. The number of hydrogen-bond acceptors (Lipinski definition) is 1. The van der Waals surface area contributed by atoms with Crippen molar-refractivity contribution in [3.05, 3.63) is 11.6 Å². The molecule has 0 amide bonds. The molecule has 0 saturated heterocycles. The minimum absolute atomic E-state index is 0.0432. The molecule has 0 heterocycles. The lowest BCUT2D eigenvalue weighted by atomic mass is 9.35. The normalized spacial score (nSPS) is 55.7. The molecule has 0 bridgehead atoms. The summed E-state index contributed by atoms with van der Waals surface area (Å²) in [6.45, 7) is 20.4. The summed E-state index contributed by atoms with van der Waals surface area (Å²) in [5.41, 5.74) is 3.61. The first-order valence-electron chi connectivity index (χ1n) is 13.7. The Morgan fingerprint density at radius 3 is 2.16 bits per heavy atom. The zero-order valence-corrected chi connectivity index (χ0v) is 21.9. The van der Waals surface area contributed by atoms with Gasteiger partial charge in [-0.2, -0.15) is 0 Å². The minimum Gasteiger partial charge on any atom is -0.393 e. The van der Waals surface area contributed by atoms with Gasteiger partial charge in [0.1, 0.15) is 0 Å². The summed E-state index contributed by atoms with van der Waals surface area (Å²) in [6, 6.07) is 0. The van der Waals surface area contributed by atoms with E-state index in [1.165, 1.54) is 51.4 Å². The molecule has 0 aromatic heterocycles. The van der Waals surface area contributed by atoms with Crippen molar-refractivity contribution in [2.45, 2.75) is 119 Å². The van der Waals surface area contributed by atoms with Gasteiger partial charge in [0.25, 0.3) is 0 Å². The van der Waals surface area contributed by atoms with Crippen LogP contribution in [0.15, 0.2) is 11.6 Å². The van der Waals surface area contributed by atoms with Gasteiger partial charge in [-0.25, -0.2) is 0 Å². The van der Waals surface area contributed by atoms with Crippen LogP contribution in [0.4, 0.5) is 0 Å². The lowest BCUT2D eigenvalue weighted by Crippen LogP contribution is -2.62. The van der Waals surface area contributed by atoms with Gasteiger partial charge in [0, 0.05) is 0 Å². The highest BCUT2D eigenvalue weighted by atomic mass is 16.3. The third kappa shape index (κ3) is 2.60. The molecule has 5 rings (SSSR count). The van der Waals surface area contributed by atoms with Crippen molar-refractivity contribution in [2.75, 3.05) is 0 Å². The van der Waals surface area contributed by atoms with Crippen molar-refractivity contribution >= 4 is 0 Å². The van der Waals surface area contributed by atoms with Crippen LogP contribution in [0.5, 0.6) is 0 Å². The summed E-state index contributed by atoms with van der Waals surface area (Å²) in [6.07, 6.45) is 14.6. The molecular formula is C30H50O. The number of hydrogen-bond donors (Lipinski definition) is 1. The summed E-state index contributed by atoms with van der Waals surface area (Å²) < 4.78 is 0. The average molecular weight is 427 g/mol. The average Bonchev–Trinajstić information content (AvgIpc) is 3.05. The van der Waals surface area contributed by atoms with E-state index in [9.17, 15) is 5.11 Å². The molecule has 0 aromatic rings. The minimum atomic E-state index is -0.131. The zero-order valence-electron chi connectivity index (χ0n) is 21.9. The predicted octanol–water partition coefficient (Wildman–Crippen LogP) is 8.02. The molecule has 1 heteroatoms. The largest absolute Gasteiger partial charge is 0.393 e. The highest BCUT2D eigenvalue weighted by Gasteiger charge is 2.68.